The molecular formula is C37H58O4. The van der Waals surface area contributed by atoms with Gasteiger partial charge in [-0.3, -0.25) is 4.79 Å². The number of benzene rings is 1. The molecule has 1 aromatic carbocycles. The van der Waals surface area contributed by atoms with Crippen molar-refractivity contribution < 1.29 is 19.7 Å². The fourth-order valence-corrected chi connectivity index (χ4v) is 10.8. The summed E-state index contributed by atoms with van der Waals surface area (Å²) >= 11 is 0. The van der Waals surface area contributed by atoms with E-state index in [2.05, 4.69) is 72.7 Å². The van der Waals surface area contributed by atoms with Crippen molar-refractivity contribution in [3.8, 4) is 0 Å². The Morgan fingerprint density at radius 3 is 2.29 bits per heavy atom. The summed E-state index contributed by atoms with van der Waals surface area (Å²) in [6.45, 7) is 16.8. The summed E-state index contributed by atoms with van der Waals surface area (Å²) in [7, 11) is 0. The molecule has 4 saturated carbocycles. The maximum Gasteiger partial charge on any atom is 0.310 e. The van der Waals surface area contributed by atoms with Crippen LogP contribution in [-0.4, -0.2) is 35.0 Å². The van der Waals surface area contributed by atoms with Gasteiger partial charge in [-0.15, -0.1) is 0 Å². The third-order valence-electron chi connectivity index (χ3n) is 13.2. The molecule has 0 saturated heterocycles. The molecule has 230 valence electrons. The van der Waals surface area contributed by atoms with Gasteiger partial charge in [0.05, 0.1) is 25.2 Å². The summed E-state index contributed by atoms with van der Waals surface area (Å²) in [6.07, 6.45) is 9.61. The highest BCUT2D eigenvalue weighted by atomic mass is 16.5. The molecule has 0 radical (unpaired) electrons. The predicted molar refractivity (Wildman–Crippen MR) is 165 cm³/mol. The van der Waals surface area contributed by atoms with Gasteiger partial charge in [-0.1, -0.05) is 79.2 Å². The van der Waals surface area contributed by atoms with Gasteiger partial charge in [-0.05, 0) is 120 Å². The summed E-state index contributed by atoms with van der Waals surface area (Å²) in [4.78, 5) is 12.6. The lowest BCUT2D eigenvalue weighted by molar-refractivity contribution is -0.203. The van der Waals surface area contributed by atoms with Gasteiger partial charge in [0.15, 0.2) is 0 Å². The first-order chi connectivity index (χ1) is 19.3. The average Bonchev–Trinajstić information content (AvgIpc) is 3.27. The molecule has 0 bridgehead atoms. The molecule has 5 rings (SSSR count). The van der Waals surface area contributed by atoms with Crippen LogP contribution in [0.25, 0.3) is 0 Å². The third kappa shape index (κ3) is 5.66. The van der Waals surface area contributed by atoms with E-state index >= 15 is 0 Å². The monoisotopic (exact) mass is 566 g/mol. The van der Waals surface area contributed by atoms with E-state index in [0.717, 1.165) is 37.7 Å². The van der Waals surface area contributed by atoms with Crippen molar-refractivity contribution in [2.75, 3.05) is 6.61 Å². The van der Waals surface area contributed by atoms with E-state index in [-0.39, 0.29) is 34.4 Å². The SMILES string of the molecule is CC[C@H]1[C@@H](O)[C@@H]2[C@H](CC[C@]3(C)[C@@H]([C@H](C)CCOC(=O)Cc4ccc(C(C)(C)C)cc4)CC[C@@H]23)[C@@]2(C)CC[C@@H](O)C[C@@H]12. The summed E-state index contributed by atoms with van der Waals surface area (Å²) in [6, 6.07) is 8.36. The average molecular weight is 567 g/mol. The maximum atomic E-state index is 12.6. The molecular weight excluding hydrogens is 508 g/mol. The Balaban J connectivity index is 1.20. The van der Waals surface area contributed by atoms with Crippen LogP contribution in [0, 0.1) is 52.3 Å². The first-order valence-electron chi connectivity index (χ1n) is 16.9. The van der Waals surface area contributed by atoms with E-state index in [0.29, 0.717) is 54.5 Å². The minimum absolute atomic E-state index is 0.108. The van der Waals surface area contributed by atoms with Crippen LogP contribution >= 0.6 is 0 Å². The van der Waals surface area contributed by atoms with Crippen LogP contribution in [0.1, 0.15) is 117 Å². The summed E-state index contributed by atoms with van der Waals surface area (Å²) in [5.41, 5.74) is 2.89. The lowest BCUT2D eigenvalue weighted by atomic mass is 9.41. The van der Waals surface area contributed by atoms with Crippen molar-refractivity contribution >= 4 is 5.97 Å². The zero-order valence-corrected chi connectivity index (χ0v) is 27.0. The first kappa shape index (κ1) is 31.0. The van der Waals surface area contributed by atoms with Gasteiger partial charge in [0.1, 0.15) is 0 Å². The lowest BCUT2D eigenvalue weighted by Crippen LogP contribution is -2.62. The van der Waals surface area contributed by atoms with Crippen LogP contribution < -0.4 is 0 Å². The van der Waals surface area contributed by atoms with Crippen LogP contribution in [0.2, 0.25) is 0 Å². The van der Waals surface area contributed by atoms with E-state index < -0.39 is 0 Å². The number of rotatable bonds is 7. The number of hydrogen-bond donors (Lipinski definition) is 2. The topological polar surface area (TPSA) is 66.8 Å². The Morgan fingerprint density at radius 1 is 0.976 bits per heavy atom. The Morgan fingerprint density at radius 2 is 1.63 bits per heavy atom. The van der Waals surface area contributed by atoms with E-state index in [9.17, 15) is 15.0 Å². The number of hydrogen-bond acceptors (Lipinski definition) is 4. The number of fused-ring (bicyclic) bond motifs is 5. The van der Waals surface area contributed by atoms with Crippen molar-refractivity contribution in [2.24, 2.45) is 52.3 Å². The van der Waals surface area contributed by atoms with Crippen molar-refractivity contribution in [2.45, 2.75) is 130 Å². The van der Waals surface area contributed by atoms with Crippen LogP contribution in [0.5, 0.6) is 0 Å². The molecule has 0 aliphatic heterocycles. The Kier molecular flexibility index (Phi) is 8.79. The Labute approximate surface area is 250 Å². The molecule has 4 nitrogen and oxygen atoms in total. The zero-order valence-electron chi connectivity index (χ0n) is 27.0. The number of carbonyl (C=O) groups excluding carboxylic acids is 1. The summed E-state index contributed by atoms with van der Waals surface area (Å²) in [5.74, 6) is 3.25. The fraction of sp³-hybridized carbons (Fsp3) is 0.811. The molecule has 1 aromatic rings. The second kappa shape index (κ2) is 11.6. The van der Waals surface area contributed by atoms with E-state index in [1.807, 2.05) is 0 Å². The van der Waals surface area contributed by atoms with Crippen LogP contribution in [-0.2, 0) is 21.4 Å². The molecule has 4 aliphatic carbocycles. The minimum atomic E-state index is -0.245. The highest BCUT2D eigenvalue weighted by Gasteiger charge is 2.64. The van der Waals surface area contributed by atoms with E-state index in [4.69, 9.17) is 4.74 Å². The molecule has 4 aliphatic rings. The van der Waals surface area contributed by atoms with E-state index in [1.54, 1.807) is 0 Å². The molecule has 4 heteroatoms. The van der Waals surface area contributed by atoms with Crippen molar-refractivity contribution in [1.29, 1.82) is 0 Å². The van der Waals surface area contributed by atoms with Gasteiger partial charge in [0.25, 0.3) is 0 Å². The van der Waals surface area contributed by atoms with Gasteiger partial charge >= 0.3 is 5.97 Å². The van der Waals surface area contributed by atoms with Crippen molar-refractivity contribution in [3.63, 3.8) is 0 Å². The largest absolute Gasteiger partial charge is 0.465 e. The van der Waals surface area contributed by atoms with Crippen LogP contribution in [0.15, 0.2) is 24.3 Å². The third-order valence-corrected chi connectivity index (χ3v) is 13.2. The highest BCUT2D eigenvalue weighted by molar-refractivity contribution is 5.72. The Hall–Kier alpha value is -1.39. The van der Waals surface area contributed by atoms with Crippen LogP contribution in [0.3, 0.4) is 0 Å². The lowest BCUT2D eigenvalue weighted by Gasteiger charge is -2.64. The van der Waals surface area contributed by atoms with E-state index in [1.165, 1.54) is 31.2 Å². The normalized spacial score (nSPS) is 41.2. The maximum absolute atomic E-state index is 12.6. The molecule has 0 aromatic heterocycles. The van der Waals surface area contributed by atoms with Crippen molar-refractivity contribution in [3.05, 3.63) is 35.4 Å². The smallest absolute Gasteiger partial charge is 0.310 e. The second-order valence-corrected chi connectivity index (χ2v) is 16.2. The van der Waals surface area contributed by atoms with Crippen molar-refractivity contribution in [1.82, 2.24) is 0 Å². The van der Waals surface area contributed by atoms with Gasteiger partial charge in [-0.25, -0.2) is 0 Å². The standard InChI is InChI=1S/C37H58O4/c1-8-27-31-22-26(38)15-18-37(31,7)30-16-19-36(6)28(13-14-29(36)33(30)34(27)40)23(2)17-20-41-32(39)21-24-9-11-25(12-10-24)35(3,4)5/h9-12,23,26-31,33-34,38,40H,8,13-22H2,1-7H3/t23-,26-,27-,28-,29+,30+,31+,33+,34-,36-,37-/m1/s1. The van der Waals surface area contributed by atoms with Gasteiger partial charge in [0.2, 0.25) is 0 Å². The van der Waals surface area contributed by atoms with Gasteiger partial charge < -0.3 is 14.9 Å². The number of aliphatic hydroxyl groups excluding tert-OH is 2. The first-order valence-corrected chi connectivity index (χ1v) is 16.9. The highest BCUT2D eigenvalue weighted by Crippen LogP contribution is 2.69. The van der Waals surface area contributed by atoms with Gasteiger partial charge in [0, 0.05) is 0 Å². The molecule has 11 atom stereocenters. The van der Waals surface area contributed by atoms with Crippen LogP contribution in [0.4, 0.5) is 0 Å². The summed E-state index contributed by atoms with van der Waals surface area (Å²) < 4.78 is 5.76. The Bertz CT molecular complexity index is 1060. The zero-order chi connectivity index (χ0) is 29.7. The molecule has 0 unspecified atom stereocenters. The number of aliphatic hydroxyl groups is 2. The molecule has 0 spiro atoms. The fourth-order valence-electron chi connectivity index (χ4n) is 10.8. The number of carbonyl (C=O) groups is 1. The molecule has 41 heavy (non-hydrogen) atoms. The quantitative estimate of drug-likeness (QED) is 0.332. The minimum Gasteiger partial charge on any atom is -0.465 e. The molecule has 0 amide bonds. The molecule has 2 N–H and O–H groups in total. The molecule has 4 fully saturated rings. The number of ether oxygens (including phenoxy) is 1. The summed E-state index contributed by atoms with van der Waals surface area (Å²) in [5, 5.41) is 22.5. The van der Waals surface area contributed by atoms with Gasteiger partial charge in [-0.2, -0.15) is 0 Å². The number of esters is 1. The second-order valence-electron chi connectivity index (χ2n) is 16.2. The molecule has 0 heterocycles. The predicted octanol–water partition coefficient (Wildman–Crippen LogP) is 7.72.